The van der Waals surface area contributed by atoms with Gasteiger partial charge in [0.05, 0.1) is 39.1 Å². The number of aliphatic hydroxyl groups excluding tert-OH is 1. The van der Waals surface area contributed by atoms with Gasteiger partial charge in [-0.2, -0.15) is 0 Å². The molecule has 8 nitrogen and oxygen atoms in total. The van der Waals surface area contributed by atoms with Gasteiger partial charge in [-0.15, -0.1) is 11.3 Å². The van der Waals surface area contributed by atoms with Gasteiger partial charge >= 0.3 is 0 Å². The molecule has 0 spiro atoms. The Kier molecular flexibility index (Phi) is 7.47. The molecule has 4 aromatic rings. The van der Waals surface area contributed by atoms with Gasteiger partial charge in [0.15, 0.2) is 5.65 Å². The zero-order chi connectivity index (χ0) is 25.1. The molecular formula is C26H31N5O3S. The summed E-state index contributed by atoms with van der Waals surface area (Å²) in [7, 11) is 0. The summed E-state index contributed by atoms with van der Waals surface area (Å²) in [4.78, 5) is 35.4. The molecule has 3 N–H and O–H groups in total. The summed E-state index contributed by atoms with van der Waals surface area (Å²) in [5.41, 5.74) is 3.78. The Hall–Kier alpha value is -3.30. The largest absolute Gasteiger partial charge is 0.394 e. The zero-order valence-electron chi connectivity index (χ0n) is 20.5. The summed E-state index contributed by atoms with van der Waals surface area (Å²) >= 11 is 1.63. The van der Waals surface area contributed by atoms with Crippen molar-refractivity contribution in [1.29, 1.82) is 0 Å². The van der Waals surface area contributed by atoms with E-state index < -0.39 is 0 Å². The number of nitrogens with zero attached hydrogens (tertiary/aromatic N) is 3. The standard InChI is InChI=1S/C26H31N5O3S/c1-5-20-23(26(34)29-18(14-32)11-15(2)3)31-10-6-7-19(24(31)30-20)25(33)27-13-17-8-9-21-22(12-17)35-16(4)28-21/h6-10,12,15,18,32H,5,11,13-14H2,1-4H3,(H,27,33)(H,29,34)/t18-/m0/s1. The van der Waals surface area contributed by atoms with Crippen molar-refractivity contribution in [1.82, 2.24) is 25.0 Å². The first-order valence-corrected chi connectivity index (χ1v) is 12.7. The molecule has 0 saturated carbocycles. The van der Waals surface area contributed by atoms with Gasteiger partial charge in [0, 0.05) is 12.7 Å². The number of thiazole rings is 1. The minimum Gasteiger partial charge on any atom is -0.394 e. The second kappa shape index (κ2) is 10.5. The molecule has 0 aliphatic rings. The molecule has 35 heavy (non-hydrogen) atoms. The van der Waals surface area contributed by atoms with Gasteiger partial charge in [-0.3, -0.25) is 14.0 Å². The number of carbonyl (C=O) groups excluding carboxylic acids is 2. The summed E-state index contributed by atoms with van der Waals surface area (Å²) < 4.78 is 2.76. The van der Waals surface area contributed by atoms with Gasteiger partial charge in [0.25, 0.3) is 11.8 Å². The van der Waals surface area contributed by atoms with E-state index in [2.05, 4.69) is 20.6 Å². The van der Waals surface area contributed by atoms with Crippen molar-refractivity contribution >= 4 is 39.0 Å². The van der Waals surface area contributed by atoms with E-state index in [4.69, 9.17) is 0 Å². The summed E-state index contributed by atoms with van der Waals surface area (Å²) in [5.74, 6) is -0.236. The lowest BCUT2D eigenvalue weighted by Crippen LogP contribution is -2.39. The normalized spacial score (nSPS) is 12.4. The molecule has 3 heterocycles. The van der Waals surface area contributed by atoms with E-state index in [1.165, 1.54) is 0 Å². The average molecular weight is 494 g/mol. The van der Waals surface area contributed by atoms with E-state index in [0.29, 0.717) is 47.9 Å². The predicted octanol–water partition coefficient (Wildman–Crippen LogP) is 3.88. The van der Waals surface area contributed by atoms with Crippen LogP contribution in [-0.4, -0.2) is 43.9 Å². The average Bonchev–Trinajstić information content (AvgIpc) is 3.40. The number of nitrogens with one attached hydrogen (secondary N) is 2. The lowest BCUT2D eigenvalue weighted by molar-refractivity contribution is 0.0899. The smallest absolute Gasteiger partial charge is 0.270 e. The van der Waals surface area contributed by atoms with Crippen LogP contribution in [0.25, 0.3) is 15.9 Å². The van der Waals surface area contributed by atoms with Crippen molar-refractivity contribution in [2.24, 2.45) is 5.92 Å². The van der Waals surface area contributed by atoms with Gasteiger partial charge in [-0.25, -0.2) is 9.97 Å². The molecule has 0 fully saturated rings. The highest BCUT2D eigenvalue weighted by molar-refractivity contribution is 7.18. The number of aromatic nitrogens is 3. The second-order valence-corrected chi connectivity index (χ2v) is 10.3. The van der Waals surface area contributed by atoms with Crippen LogP contribution in [0.1, 0.15) is 64.3 Å². The summed E-state index contributed by atoms with van der Waals surface area (Å²) in [5, 5.41) is 16.6. The molecule has 0 bridgehead atoms. The highest BCUT2D eigenvalue weighted by Crippen LogP contribution is 2.23. The third-order valence-corrected chi connectivity index (χ3v) is 6.77. The predicted molar refractivity (Wildman–Crippen MR) is 138 cm³/mol. The van der Waals surface area contributed by atoms with Gasteiger partial charge in [-0.1, -0.05) is 26.8 Å². The number of aryl methyl sites for hydroxylation is 2. The van der Waals surface area contributed by atoms with Crippen molar-refractivity contribution in [2.45, 2.75) is 53.1 Å². The monoisotopic (exact) mass is 493 g/mol. The quantitative estimate of drug-likeness (QED) is 0.328. The van der Waals surface area contributed by atoms with Crippen LogP contribution >= 0.6 is 11.3 Å². The number of carbonyl (C=O) groups is 2. The van der Waals surface area contributed by atoms with Crippen LogP contribution in [-0.2, 0) is 13.0 Å². The van der Waals surface area contributed by atoms with Gasteiger partial charge in [-0.05, 0) is 55.5 Å². The molecule has 0 aliphatic heterocycles. The van der Waals surface area contributed by atoms with Crippen molar-refractivity contribution < 1.29 is 14.7 Å². The van der Waals surface area contributed by atoms with Crippen LogP contribution in [0, 0.1) is 12.8 Å². The minimum absolute atomic E-state index is 0.136. The maximum Gasteiger partial charge on any atom is 0.270 e. The summed E-state index contributed by atoms with van der Waals surface area (Å²) in [6.45, 7) is 8.22. The number of hydrogen-bond donors (Lipinski definition) is 3. The number of fused-ring (bicyclic) bond motifs is 2. The second-order valence-electron chi connectivity index (χ2n) is 9.08. The van der Waals surface area contributed by atoms with E-state index in [-0.39, 0.29) is 24.5 Å². The topological polar surface area (TPSA) is 109 Å². The Morgan fingerprint density at radius 2 is 1.97 bits per heavy atom. The van der Waals surface area contributed by atoms with E-state index >= 15 is 0 Å². The van der Waals surface area contributed by atoms with Gasteiger partial charge in [0.2, 0.25) is 0 Å². The van der Waals surface area contributed by atoms with Gasteiger partial charge < -0.3 is 15.7 Å². The number of rotatable bonds is 9. The zero-order valence-corrected chi connectivity index (χ0v) is 21.3. The Morgan fingerprint density at radius 3 is 2.69 bits per heavy atom. The number of imidazole rings is 1. The number of pyridine rings is 1. The fraction of sp³-hybridized carbons (Fsp3) is 0.385. The first kappa shape index (κ1) is 24.8. The van der Waals surface area contributed by atoms with Crippen LogP contribution in [0.4, 0.5) is 0 Å². The van der Waals surface area contributed by atoms with Crippen LogP contribution in [0.2, 0.25) is 0 Å². The number of hydrogen-bond acceptors (Lipinski definition) is 6. The van der Waals surface area contributed by atoms with Crippen LogP contribution in [0.15, 0.2) is 36.5 Å². The van der Waals surface area contributed by atoms with Crippen molar-refractivity contribution in [3.8, 4) is 0 Å². The third kappa shape index (κ3) is 5.36. The first-order chi connectivity index (χ1) is 16.8. The van der Waals surface area contributed by atoms with Crippen LogP contribution in [0.5, 0.6) is 0 Å². The molecule has 2 amide bonds. The van der Waals surface area contributed by atoms with E-state index in [1.54, 1.807) is 34.1 Å². The molecule has 3 aromatic heterocycles. The number of amides is 2. The lowest BCUT2D eigenvalue weighted by Gasteiger charge is -2.18. The highest BCUT2D eigenvalue weighted by atomic mass is 32.1. The van der Waals surface area contributed by atoms with Crippen molar-refractivity contribution in [3.05, 3.63) is 64.1 Å². The lowest BCUT2D eigenvalue weighted by atomic mass is 10.0. The van der Waals surface area contributed by atoms with E-state index in [9.17, 15) is 14.7 Å². The molecule has 1 aromatic carbocycles. The number of benzene rings is 1. The molecule has 0 unspecified atom stereocenters. The molecule has 1 atom stereocenters. The maximum absolute atomic E-state index is 13.2. The molecule has 0 saturated heterocycles. The third-order valence-electron chi connectivity index (χ3n) is 5.84. The Bertz CT molecular complexity index is 1370. The fourth-order valence-corrected chi connectivity index (χ4v) is 5.14. The van der Waals surface area contributed by atoms with E-state index in [0.717, 1.165) is 20.8 Å². The van der Waals surface area contributed by atoms with Crippen molar-refractivity contribution in [2.75, 3.05) is 6.61 Å². The highest BCUT2D eigenvalue weighted by Gasteiger charge is 2.24. The first-order valence-electron chi connectivity index (χ1n) is 11.9. The van der Waals surface area contributed by atoms with Crippen molar-refractivity contribution in [3.63, 3.8) is 0 Å². The molecule has 0 aliphatic carbocycles. The minimum atomic E-state index is -0.344. The fourth-order valence-electron chi connectivity index (χ4n) is 4.25. The molecule has 0 radical (unpaired) electrons. The Morgan fingerprint density at radius 1 is 1.17 bits per heavy atom. The SMILES string of the molecule is CCc1nc2c(C(=O)NCc3ccc4nc(C)sc4c3)cccn2c1C(=O)N[C@H](CO)CC(C)C. The maximum atomic E-state index is 13.2. The molecular weight excluding hydrogens is 462 g/mol. The number of aliphatic hydroxyl groups is 1. The molecule has 184 valence electrons. The molecule has 9 heteroatoms. The van der Waals surface area contributed by atoms with Gasteiger partial charge in [0.1, 0.15) is 5.69 Å². The van der Waals surface area contributed by atoms with Crippen LogP contribution < -0.4 is 10.6 Å². The van der Waals surface area contributed by atoms with Crippen LogP contribution in [0.3, 0.4) is 0 Å². The van der Waals surface area contributed by atoms with E-state index in [1.807, 2.05) is 45.9 Å². The summed E-state index contributed by atoms with van der Waals surface area (Å²) in [6, 6.07) is 9.08. The Labute approximate surface area is 208 Å². The summed E-state index contributed by atoms with van der Waals surface area (Å²) in [6.07, 6.45) is 2.94. The molecule has 4 rings (SSSR count). The Balaban J connectivity index is 1.58.